The highest BCUT2D eigenvalue weighted by Gasteiger charge is 2.16. The summed E-state index contributed by atoms with van der Waals surface area (Å²) in [6.45, 7) is 0. The standard InChI is InChI=1S/C11H11N5O2S/c1-16(11(17)9-6-13-15-19-9)8-4-2-3-7(5-8)10(12)14-18/h2-6,18H,1H3,(H2,12,14). The van der Waals surface area contributed by atoms with Gasteiger partial charge in [-0.1, -0.05) is 21.8 Å². The molecule has 0 unspecified atom stereocenters. The van der Waals surface area contributed by atoms with E-state index >= 15 is 0 Å². The number of oxime groups is 1. The highest BCUT2D eigenvalue weighted by atomic mass is 32.1. The molecule has 1 aromatic heterocycles. The van der Waals surface area contributed by atoms with Crippen LogP contribution in [0.25, 0.3) is 0 Å². The van der Waals surface area contributed by atoms with Gasteiger partial charge >= 0.3 is 0 Å². The second-order valence-electron chi connectivity index (χ2n) is 3.68. The monoisotopic (exact) mass is 277 g/mol. The quantitative estimate of drug-likeness (QED) is 0.375. The average Bonchev–Trinajstić information content (AvgIpc) is 2.99. The predicted molar refractivity (Wildman–Crippen MR) is 71.6 cm³/mol. The van der Waals surface area contributed by atoms with Gasteiger partial charge in [0.2, 0.25) is 0 Å². The van der Waals surface area contributed by atoms with Crippen molar-refractivity contribution < 1.29 is 10.0 Å². The number of nitrogens with zero attached hydrogens (tertiary/aromatic N) is 4. The minimum atomic E-state index is -0.216. The molecule has 0 atom stereocenters. The van der Waals surface area contributed by atoms with Crippen molar-refractivity contribution in [2.24, 2.45) is 10.9 Å². The summed E-state index contributed by atoms with van der Waals surface area (Å²) in [6, 6.07) is 6.81. The minimum Gasteiger partial charge on any atom is -0.409 e. The second kappa shape index (κ2) is 5.44. The summed E-state index contributed by atoms with van der Waals surface area (Å²) < 4.78 is 3.65. The lowest BCUT2D eigenvalue weighted by molar-refractivity contribution is 0.0996. The number of hydrogen-bond donors (Lipinski definition) is 2. The number of amidine groups is 1. The highest BCUT2D eigenvalue weighted by molar-refractivity contribution is 7.07. The van der Waals surface area contributed by atoms with E-state index in [4.69, 9.17) is 10.9 Å². The molecule has 7 nitrogen and oxygen atoms in total. The Morgan fingerprint density at radius 3 is 2.95 bits per heavy atom. The Morgan fingerprint density at radius 2 is 2.32 bits per heavy atom. The number of carbonyl (C=O) groups excluding carboxylic acids is 1. The largest absolute Gasteiger partial charge is 0.409 e. The molecule has 19 heavy (non-hydrogen) atoms. The van der Waals surface area contributed by atoms with Gasteiger partial charge in [0.15, 0.2) is 5.84 Å². The molecular formula is C11H11N5O2S. The van der Waals surface area contributed by atoms with Crippen molar-refractivity contribution in [1.29, 1.82) is 0 Å². The van der Waals surface area contributed by atoms with E-state index in [2.05, 4.69) is 14.7 Å². The molecule has 2 rings (SSSR count). The number of amides is 1. The molecule has 8 heteroatoms. The maximum Gasteiger partial charge on any atom is 0.271 e. The van der Waals surface area contributed by atoms with Gasteiger partial charge in [-0.05, 0) is 23.7 Å². The first kappa shape index (κ1) is 13.0. The van der Waals surface area contributed by atoms with Crippen molar-refractivity contribution in [3.8, 4) is 0 Å². The molecule has 98 valence electrons. The SMILES string of the molecule is CN(C(=O)c1cnns1)c1cccc(C(N)=NO)c1. The third-order valence-corrected chi connectivity index (χ3v) is 3.17. The number of aromatic nitrogens is 2. The zero-order valence-electron chi connectivity index (χ0n) is 10.0. The van der Waals surface area contributed by atoms with Crippen LogP contribution in [0.5, 0.6) is 0 Å². The summed E-state index contributed by atoms with van der Waals surface area (Å²) >= 11 is 1.03. The molecule has 0 aliphatic carbocycles. The van der Waals surface area contributed by atoms with E-state index in [9.17, 15) is 4.79 Å². The Kier molecular flexibility index (Phi) is 3.71. The van der Waals surface area contributed by atoms with Crippen molar-refractivity contribution in [2.45, 2.75) is 0 Å². The molecule has 0 radical (unpaired) electrons. The van der Waals surface area contributed by atoms with E-state index in [0.29, 0.717) is 16.1 Å². The summed E-state index contributed by atoms with van der Waals surface area (Å²) in [4.78, 5) is 14.0. The van der Waals surface area contributed by atoms with Crippen LogP contribution in [-0.4, -0.2) is 33.6 Å². The molecule has 2 aromatic rings. The molecule has 0 spiro atoms. The van der Waals surface area contributed by atoms with Crippen molar-refractivity contribution in [3.63, 3.8) is 0 Å². The van der Waals surface area contributed by atoms with Gasteiger partial charge in [-0.2, -0.15) is 0 Å². The number of benzene rings is 1. The Hall–Kier alpha value is -2.48. The number of carbonyl (C=O) groups is 1. The third-order valence-electron chi connectivity index (χ3n) is 2.51. The van der Waals surface area contributed by atoms with E-state index in [1.807, 2.05) is 0 Å². The first-order valence-corrected chi connectivity index (χ1v) is 6.04. The lowest BCUT2D eigenvalue weighted by Crippen LogP contribution is -2.26. The van der Waals surface area contributed by atoms with Crippen LogP contribution in [0.3, 0.4) is 0 Å². The molecule has 1 aromatic carbocycles. The van der Waals surface area contributed by atoms with Gasteiger partial charge in [-0.3, -0.25) is 4.79 Å². The van der Waals surface area contributed by atoms with Gasteiger partial charge in [-0.15, -0.1) is 5.10 Å². The summed E-state index contributed by atoms with van der Waals surface area (Å²) in [5.41, 5.74) is 6.67. The lowest BCUT2D eigenvalue weighted by Gasteiger charge is -2.16. The van der Waals surface area contributed by atoms with Crippen molar-refractivity contribution >= 4 is 29.0 Å². The fraction of sp³-hybridized carbons (Fsp3) is 0.0909. The predicted octanol–water partition coefficient (Wildman–Crippen LogP) is 0.909. The van der Waals surface area contributed by atoms with Gasteiger partial charge in [0.25, 0.3) is 5.91 Å². The van der Waals surface area contributed by atoms with E-state index in [1.54, 1.807) is 31.3 Å². The molecule has 1 heterocycles. The first-order chi connectivity index (χ1) is 9.13. The van der Waals surface area contributed by atoms with Crippen LogP contribution in [0.15, 0.2) is 35.6 Å². The van der Waals surface area contributed by atoms with Crippen LogP contribution in [-0.2, 0) is 0 Å². The first-order valence-electron chi connectivity index (χ1n) is 5.27. The topological polar surface area (TPSA) is 105 Å². The molecule has 0 aliphatic rings. The fourth-order valence-corrected chi connectivity index (χ4v) is 1.97. The molecule has 0 bridgehead atoms. The Morgan fingerprint density at radius 1 is 1.53 bits per heavy atom. The Balaban J connectivity index is 2.29. The zero-order valence-corrected chi connectivity index (χ0v) is 10.8. The van der Waals surface area contributed by atoms with Gasteiger partial charge in [0.1, 0.15) is 4.88 Å². The van der Waals surface area contributed by atoms with E-state index in [1.165, 1.54) is 11.1 Å². The Bertz CT molecular complexity index is 611. The normalized spacial score (nSPS) is 11.3. The summed E-state index contributed by atoms with van der Waals surface area (Å²) in [5.74, 6) is -0.228. The number of nitrogens with two attached hydrogens (primary N) is 1. The number of hydrogen-bond acceptors (Lipinski definition) is 6. The molecule has 0 saturated heterocycles. The lowest BCUT2D eigenvalue weighted by atomic mass is 10.1. The van der Waals surface area contributed by atoms with Gasteiger partial charge in [0, 0.05) is 18.3 Å². The van der Waals surface area contributed by atoms with E-state index < -0.39 is 0 Å². The molecule has 0 saturated carbocycles. The molecule has 0 fully saturated rings. The van der Waals surface area contributed by atoms with Crippen LogP contribution in [0.4, 0.5) is 5.69 Å². The molecule has 3 N–H and O–H groups in total. The molecular weight excluding hydrogens is 266 g/mol. The maximum atomic E-state index is 12.1. The Labute approximate surface area is 113 Å². The number of anilines is 1. The molecule has 1 amide bonds. The van der Waals surface area contributed by atoms with Gasteiger partial charge in [0.05, 0.1) is 6.20 Å². The summed E-state index contributed by atoms with van der Waals surface area (Å²) in [7, 11) is 1.63. The van der Waals surface area contributed by atoms with Crippen LogP contribution in [0.2, 0.25) is 0 Å². The van der Waals surface area contributed by atoms with Crippen LogP contribution >= 0.6 is 11.5 Å². The zero-order chi connectivity index (χ0) is 13.8. The second-order valence-corrected chi connectivity index (χ2v) is 4.47. The number of rotatable bonds is 3. The average molecular weight is 277 g/mol. The van der Waals surface area contributed by atoms with E-state index in [-0.39, 0.29) is 11.7 Å². The van der Waals surface area contributed by atoms with Crippen molar-refractivity contribution in [2.75, 3.05) is 11.9 Å². The maximum absolute atomic E-state index is 12.1. The van der Waals surface area contributed by atoms with Crippen LogP contribution in [0, 0.1) is 0 Å². The van der Waals surface area contributed by atoms with Gasteiger partial charge in [-0.25, -0.2) is 0 Å². The smallest absolute Gasteiger partial charge is 0.271 e. The molecule has 0 aliphatic heterocycles. The van der Waals surface area contributed by atoms with Crippen LogP contribution < -0.4 is 10.6 Å². The summed E-state index contributed by atoms with van der Waals surface area (Å²) in [6.07, 6.45) is 1.41. The van der Waals surface area contributed by atoms with Crippen LogP contribution in [0.1, 0.15) is 15.2 Å². The minimum absolute atomic E-state index is 0.0119. The van der Waals surface area contributed by atoms with Gasteiger partial charge < -0.3 is 15.8 Å². The highest BCUT2D eigenvalue weighted by Crippen LogP contribution is 2.18. The summed E-state index contributed by atoms with van der Waals surface area (Å²) in [5, 5.41) is 15.2. The van der Waals surface area contributed by atoms with Crippen molar-refractivity contribution in [3.05, 3.63) is 40.9 Å². The van der Waals surface area contributed by atoms with E-state index in [0.717, 1.165) is 11.5 Å². The third kappa shape index (κ3) is 2.68. The van der Waals surface area contributed by atoms with Crippen molar-refractivity contribution in [1.82, 2.24) is 9.59 Å². The fourth-order valence-electron chi connectivity index (χ4n) is 1.48.